The molecule has 2 heterocycles. The molecule has 0 saturated carbocycles. The second-order valence-corrected chi connectivity index (χ2v) is 5.38. The number of fused-ring (bicyclic) bond motifs is 1. The summed E-state index contributed by atoms with van der Waals surface area (Å²) < 4.78 is 38.9. The van der Waals surface area contributed by atoms with Crippen LogP contribution in [0.5, 0.6) is 0 Å². The number of rotatable bonds is 2. The third-order valence-corrected chi connectivity index (χ3v) is 3.61. The second-order valence-electron chi connectivity index (χ2n) is 5.38. The molecular weight excluding hydrogens is 353 g/mol. The molecule has 0 unspecified atom stereocenters. The zero-order valence-corrected chi connectivity index (χ0v) is 13.2. The molecule has 0 radical (unpaired) electrons. The van der Waals surface area contributed by atoms with E-state index >= 15 is 0 Å². The third-order valence-electron chi connectivity index (χ3n) is 3.61. The van der Waals surface area contributed by atoms with Crippen LogP contribution in [0.2, 0.25) is 0 Å². The SMILES string of the molecule is Cc1cccc2nc(NC(=O)c3ccnc(C(F)(F)F)c3)n(C(=O)O)c12. The smallest absolute Gasteiger partial charge is 0.433 e. The predicted molar refractivity (Wildman–Crippen MR) is 85.1 cm³/mol. The van der Waals surface area contributed by atoms with E-state index in [1.165, 1.54) is 0 Å². The molecule has 0 spiro atoms. The molecule has 7 nitrogen and oxygen atoms in total. The quantitative estimate of drug-likeness (QED) is 0.725. The summed E-state index contributed by atoms with van der Waals surface area (Å²) in [6, 6.07) is 6.57. The summed E-state index contributed by atoms with van der Waals surface area (Å²) in [6.07, 6.45) is -5.24. The number of aromatic nitrogens is 3. The van der Waals surface area contributed by atoms with Crippen LogP contribution in [0.1, 0.15) is 21.6 Å². The number of carboxylic acid groups (broad SMARTS) is 1. The largest absolute Gasteiger partial charge is 0.464 e. The highest BCUT2D eigenvalue weighted by molar-refractivity contribution is 6.05. The van der Waals surface area contributed by atoms with E-state index < -0.39 is 23.9 Å². The lowest BCUT2D eigenvalue weighted by Crippen LogP contribution is -2.20. The Bertz CT molecular complexity index is 1030. The van der Waals surface area contributed by atoms with Crippen molar-refractivity contribution in [2.75, 3.05) is 5.32 Å². The molecule has 0 aliphatic rings. The molecule has 1 aromatic carbocycles. The molecule has 26 heavy (non-hydrogen) atoms. The minimum absolute atomic E-state index is 0.279. The Kier molecular flexibility index (Phi) is 4.10. The number of carbonyl (C=O) groups excluding carboxylic acids is 1. The van der Waals surface area contributed by atoms with Crippen molar-refractivity contribution in [1.82, 2.24) is 14.5 Å². The number of anilines is 1. The number of carbonyl (C=O) groups is 2. The van der Waals surface area contributed by atoms with Crippen LogP contribution < -0.4 is 5.32 Å². The van der Waals surface area contributed by atoms with Crippen LogP contribution in [-0.4, -0.2) is 31.6 Å². The van der Waals surface area contributed by atoms with Crippen LogP contribution in [0, 0.1) is 6.92 Å². The van der Waals surface area contributed by atoms with Gasteiger partial charge in [0.2, 0.25) is 5.95 Å². The number of pyridine rings is 1. The number of halogens is 3. The maximum Gasteiger partial charge on any atom is 0.433 e. The highest BCUT2D eigenvalue weighted by Crippen LogP contribution is 2.28. The number of para-hydroxylation sites is 1. The monoisotopic (exact) mass is 364 g/mol. The molecule has 3 rings (SSSR count). The zero-order valence-electron chi connectivity index (χ0n) is 13.2. The highest BCUT2D eigenvalue weighted by atomic mass is 19.4. The Morgan fingerprint density at radius 2 is 1.96 bits per heavy atom. The van der Waals surface area contributed by atoms with E-state index in [9.17, 15) is 27.9 Å². The number of aryl methyl sites for hydroxylation is 1. The van der Waals surface area contributed by atoms with Gasteiger partial charge in [0.25, 0.3) is 5.91 Å². The maximum atomic E-state index is 12.7. The van der Waals surface area contributed by atoms with Crippen molar-refractivity contribution in [3.8, 4) is 0 Å². The Labute approximate surface area is 144 Å². The van der Waals surface area contributed by atoms with Gasteiger partial charge in [0, 0.05) is 11.8 Å². The number of alkyl halides is 3. The maximum absolute atomic E-state index is 12.7. The summed E-state index contributed by atoms with van der Waals surface area (Å²) in [7, 11) is 0. The number of hydrogen-bond donors (Lipinski definition) is 2. The Morgan fingerprint density at radius 3 is 2.62 bits per heavy atom. The van der Waals surface area contributed by atoms with Gasteiger partial charge in [-0.25, -0.2) is 14.3 Å². The molecule has 0 aliphatic carbocycles. The first-order valence-electron chi connectivity index (χ1n) is 7.24. The summed E-state index contributed by atoms with van der Waals surface area (Å²) in [5, 5.41) is 11.7. The summed E-state index contributed by atoms with van der Waals surface area (Å²) in [6.45, 7) is 1.67. The number of imidazole rings is 1. The fourth-order valence-electron chi connectivity index (χ4n) is 2.47. The van der Waals surface area contributed by atoms with E-state index in [0.717, 1.165) is 16.8 Å². The number of hydrogen-bond acceptors (Lipinski definition) is 4. The van der Waals surface area contributed by atoms with Gasteiger partial charge in [-0.15, -0.1) is 0 Å². The Balaban J connectivity index is 2.02. The van der Waals surface area contributed by atoms with Gasteiger partial charge < -0.3 is 5.11 Å². The van der Waals surface area contributed by atoms with Gasteiger partial charge in [0.1, 0.15) is 5.69 Å². The fraction of sp³-hybridized carbons (Fsp3) is 0.125. The van der Waals surface area contributed by atoms with Gasteiger partial charge in [0.05, 0.1) is 11.0 Å². The first-order chi connectivity index (χ1) is 12.2. The Morgan fingerprint density at radius 1 is 1.23 bits per heavy atom. The average Bonchev–Trinajstić information content (AvgIpc) is 2.93. The molecule has 0 bridgehead atoms. The summed E-state index contributed by atoms with van der Waals surface area (Å²) in [5.41, 5.74) is -0.337. The summed E-state index contributed by atoms with van der Waals surface area (Å²) in [4.78, 5) is 31.1. The fourth-order valence-corrected chi connectivity index (χ4v) is 2.47. The lowest BCUT2D eigenvalue weighted by atomic mass is 10.2. The first-order valence-corrected chi connectivity index (χ1v) is 7.24. The zero-order chi connectivity index (χ0) is 19.1. The van der Waals surface area contributed by atoms with Crippen LogP contribution in [-0.2, 0) is 6.18 Å². The van der Waals surface area contributed by atoms with E-state index in [1.54, 1.807) is 25.1 Å². The van der Waals surface area contributed by atoms with Gasteiger partial charge in [-0.3, -0.25) is 15.1 Å². The van der Waals surface area contributed by atoms with Gasteiger partial charge in [-0.05, 0) is 30.7 Å². The standard InChI is InChI=1S/C16H11F3N4O3/c1-8-3-2-4-10-12(8)23(15(25)26)14(21-10)22-13(24)9-5-6-20-11(7-9)16(17,18)19/h2-7H,1H3,(H,25,26)(H,21,22,24). The molecule has 2 aromatic heterocycles. The van der Waals surface area contributed by atoms with E-state index in [4.69, 9.17) is 0 Å². The molecule has 3 aromatic rings. The average molecular weight is 364 g/mol. The molecule has 1 amide bonds. The number of amides is 1. The van der Waals surface area contributed by atoms with Crippen molar-refractivity contribution in [1.29, 1.82) is 0 Å². The third kappa shape index (κ3) is 3.08. The van der Waals surface area contributed by atoms with E-state index in [2.05, 4.69) is 15.3 Å². The van der Waals surface area contributed by atoms with Crippen LogP contribution in [0.4, 0.5) is 23.9 Å². The van der Waals surface area contributed by atoms with Crippen LogP contribution >= 0.6 is 0 Å². The van der Waals surface area contributed by atoms with Gasteiger partial charge in [-0.1, -0.05) is 12.1 Å². The van der Waals surface area contributed by atoms with Gasteiger partial charge in [-0.2, -0.15) is 13.2 Å². The number of nitrogens with one attached hydrogen (secondary N) is 1. The molecule has 0 saturated heterocycles. The van der Waals surface area contributed by atoms with Crippen molar-refractivity contribution in [2.24, 2.45) is 0 Å². The van der Waals surface area contributed by atoms with Crippen LogP contribution in [0.15, 0.2) is 36.5 Å². The topological polar surface area (TPSA) is 97.1 Å². The summed E-state index contributed by atoms with van der Waals surface area (Å²) >= 11 is 0. The summed E-state index contributed by atoms with van der Waals surface area (Å²) in [5.74, 6) is -1.24. The number of nitrogens with zero attached hydrogens (tertiary/aromatic N) is 3. The van der Waals surface area contributed by atoms with Crippen molar-refractivity contribution < 1.29 is 27.9 Å². The molecule has 10 heteroatoms. The second kappa shape index (κ2) is 6.14. The van der Waals surface area contributed by atoms with E-state index in [0.29, 0.717) is 17.1 Å². The molecule has 134 valence electrons. The normalized spacial score (nSPS) is 11.5. The lowest BCUT2D eigenvalue weighted by molar-refractivity contribution is -0.141. The van der Waals surface area contributed by atoms with Crippen LogP contribution in [0.3, 0.4) is 0 Å². The Hall–Kier alpha value is -3.43. The van der Waals surface area contributed by atoms with Gasteiger partial charge in [0.15, 0.2) is 0 Å². The molecular formula is C16H11F3N4O3. The van der Waals surface area contributed by atoms with Crippen molar-refractivity contribution in [3.05, 3.63) is 53.3 Å². The predicted octanol–water partition coefficient (Wildman–Crippen LogP) is 3.54. The molecule has 0 aliphatic heterocycles. The van der Waals surface area contributed by atoms with Gasteiger partial charge >= 0.3 is 12.3 Å². The molecule has 0 fully saturated rings. The van der Waals surface area contributed by atoms with Crippen molar-refractivity contribution in [3.63, 3.8) is 0 Å². The molecule has 2 N–H and O–H groups in total. The lowest BCUT2D eigenvalue weighted by Gasteiger charge is -2.09. The van der Waals surface area contributed by atoms with Crippen molar-refractivity contribution in [2.45, 2.75) is 13.1 Å². The minimum Gasteiger partial charge on any atom is -0.464 e. The van der Waals surface area contributed by atoms with E-state index in [1.807, 2.05) is 0 Å². The first kappa shape index (κ1) is 17.4. The van der Waals surface area contributed by atoms with E-state index in [-0.39, 0.29) is 17.0 Å². The molecule has 0 atom stereocenters. The minimum atomic E-state index is -4.71. The van der Waals surface area contributed by atoms with Crippen molar-refractivity contribution >= 4 is 29.0 Å². The number of benzene rings is 1. The highest BCUT2D eigenvalue weighted by Gasteiger charge is 2.33. The van der Waals surface area contributed by atoms with Crippen LogP contribution in [0.25, 0.3) is 11.0 Å².